The lowest BCUT2D eigenvalue weighted by Crippen LogP contribution is -2.41. The van der Waals surface area contributed by atoms with Crippen LogP contribution in [0.5, 0.6) is 0 Å². The van der Waals surface area contributed by atoms with Crippen LogP contribution in [0.15, 0.2) is 54.7 Å². The van der Waals surface area contributed by atoms with E-state index >= 15 is 0 Å². The topological polar surface area (TPSA) is 89.4 Å². The smallest absolute Gasteiger partial charge is 0.370 e. The van der Waals surface area contributed by atoms with E-state index in [0.717, 1.165) is 30.0 Å². The Morgan fingerprint density at radius 3 is 2.41 bits per heavy atom. The van der Waals surface area contributed by atoms with Crippen LogP contribution in [0.4, 0.5) is 18.9 Å². The number of benzene rings is 2. The number of carbonyl (C=O) groups excluding carboxylic acids is 2. The highest BCUT2D eigenvalue weighted by molar-refractivity contribution is 5.95. The number of nitrogens with one attached hydrogen (secondary N) is 1. The summed E-state index contributed by atoms with van der Waals surface area (Å²) in [6.07, 6.45) is -2.83. The van der Waals surface area contributed by atoms with Crippen LogP contribution >= 0.6 is 0 Å². The van der Waals surface area contributed by atoms with Crippen LogP contribution in [0.2, 0.25) is 0 Å². The van der Waals surface area contributed by atoms with E-state index in [9.17, 15) is 22.8 Å². The number of anilines is 1. The third-order valence-corrected chi connectivity index (χ3v) is 4.86. The number of hydrogen-bond acceptors (Lipinski definition) is 5. The fourth-order valence-electron chi connectivity index (χ4n) is 3.17. The van der Waals surface area contributed by atoms with Gasteiger partial charge in [-0.2, -0.15) is 13.2 Å². The molecule has 11 heteroatoms. The van der Waals surface area contributed by atoms with E-state index in [1.165, 1.54) is 4.68 Å². The van der Waals surface area contributed by atoms with Crippen LogP contribution in [-0.4, -0.2) is 46.6 Å². The first kappa shape index (κ1) is 21.5. The Kier molecular flexibility index (Phi) is 5.91. The molecule has 0 bridgehead atoms. The summed E-state index contributed by atoms with van der Waals surface area (Å²) in [6, 6.07) is 11.1. The van der Waals surface area contributed by atoms with Crippen molar-refractivity contribution in [3.05, 3.63) is 71.5 Å². The molecule has 1 saturated heterocycles. The van der Waals surface area contributed by atoms with Crippen LogP contribution < -0.4 is 10.2 Å². The number of halogens is 3. The third-order valence-electron chi connectivity index (χ3n) is 4.86. The number of morpholine rings is 1. The molecule has 0 spiro atoms. The molecule has 3 aromatic rings. The highest BCUT2D eigenvalue weighted by Gasteiger charge is 2.30. The van der Waals surface area contributed by atoms with Gasteiger partial charge in [-0.25, -0.2) is 4.68 Å². The maximum absolute atomic E-state index is 12.6. The van der Waals surface area contributed by atoms with E-state index in [-0.39, 0.29) is 24.6 Å². The van der Waals surface area contributed by atoms with Crippen molar-refractivity contribution in [1.29, 1.82) is 0 Å². The molecule has 0 atom stereocenters. The average molecular weight is 445 g/mol. The normalized spacial score (nSPS) is 14.5. The number of amides is 2. The molecule has 1 aliphatic heterocycles. The van der Waals surface area contributed by atoms with Crippen molar-refractivity contribution in [3.8, 4) is 5.69 Å². The molecule has 32 heavy (non-hydrogen) atoms. The number of hydrogen-bond donors (Lipinski definition) is 1. The quantitative estimate of drug-likeness (QED) is 0.652. The van der Waals surface area contributed by atoms with Gasteiger partial charge in [-0.05, 0) is 48.5 Å². The van der Waals surface area contributed by atoms with E-state index in [1.807, 2.05) is 0 Å². The van der Waals surface area contributed by atoms with E-state index in [1.54, 1.807) is 35.4 Å². The molecule has 0 unspecified atom stereocenters. The molecular formula is C21H18F3N5O3. The number of rotatable bonds is 5. The van der Waals surface area contributed by atoms with Gasteiger partial charge in [0.15, 0.2) is 0 Å². The van der Waals surface area contributed by atoms with Crippen LogP contribution in [0.3, 0.4) is 0 Å². The SMILES string of the molecule is O=C(NCc1cn(-c2ccc(N3CCOCC3=O)cc2)nn1)c1ccc(C(F)(F)F)cc1. The first-order valence-electron chi connectivity index (χ1n) is 9.66. The zero-order valence-corrected chi connectivity index (χ0v) is 16.7. The monoisotopic (exact) mass is 445 g/mol. The van der Waals surface area contributed by atoms with Crippen LogP contribution in [0, 0.1) is 0 Å². The van der Waals surface area contributed by atoms with Gasteiger partial charge in [0.25, 0.3) is 11.8 Å². The van der Waals surface area contributed by atoms with Gasteiger partial charge in [-0.3, -0.25) is 9.59 Å². The zero-order chi connectivity index (χ0) is 22.7. The third kappa shape index (κ3) is 4.78. The van der Waals surface area contributed by atoms with Crippen molar-refractivity contribution in [2.45, 2.75) is 12.7 Å². The maximum atomic E-state index is 12.6. The highest BCUT2D eigenvalue weighted by Crippen LogP contribution is 2.29. The molecule has 2 aromatic carbocycles. The van der Waals surface area contributed by atoms with Crippen molar-refractivity contribution in [3.63, 3.8) is 0 Å². The molecule has 1 aromatic heterocycles. The largest absolute Gasteiger partial charge is 0.416 e. The lowest BCUT2D eigenvalue weighted by atomic mass is 10.1. The summed E-state index contributed by atoms with van der Waals surface area (Å²) in [5.74, 6) is -0.622. The number of alkyl halides is 3. The molecule has 1 aliphatic rings. The van der Waals surface area contributed by atoms with Gasteiger partial charge >= 0.3 is 6.18 Å². The van der Waals surface area contributed by atoms with Crippen molar-refractivity contribution in [2.24, 2.45) is 0 Å². The Labute approximate surface area is 180 Å². The summed E-state index contributed by atoms with van der Waals surface area (Å²) in [4.78, 5) is 25.8. The molecule has 0 aliphatic carbocycles. The second kappa shape index (κ2) is 8.79. The molecule has 2 amide bonds. The van der Waals surface area contributed by atoms with Gasteiger partial charge in [-0.15, -0.1) is 5.10 Å². The van der Waals surface area contributed by atoms with Crippen molar-refractivity contribution in [2.75, 3.05) is 24.7 Å². The van der Waals surface area contributed by atoms with Gasteiger partial charge in [-0.1, -0.05) is 5.21 Å². The Morgan fingerprint density at radius 1 is 1.06 bits per heavy atom. The molecular weight excluding hydrogens is 427 g/mol. The Balaban J connectivity index is 1.36. The molecule has 0 saturated carbocycles. The lowest BCUT2D eigenvalue weighted by molar-refractivity contribution is -0.137. The fraction of sp³-hybridized carbons (Fsp3) is 0.238. The molecule has 2 heterocycles. The highest BCUT2D eigenvalue weighted by atomic mass is 19.4. The van der Waals surface area contributed by atoms with Crippen molar-refractivity contribution in [1.82, 2.24) is 20.3 Å². The zero-order valence-electron chi connectivity index (χ0n) is 16.7. The summed E-state index contributed by atoms with van der Waals surface area (Å²) < 4.78 is 44.5. The number of carbonyl (C=O) groups is 2. The van der Waals surface area contributed by atoms with E-state index in [2.05, 4.69) is 15.6 Å². The Hall–Kier alpha value is -3.73. The number of nitrogens with zero attached hydrogens (tertiary/aromatic N) is 4. The summed E-state index contributed by atoms with van der Waals surface area (Å²) in [5.41, 5.74) is 1.23. The number of ether oxygens (including phenoxy) is 1. The predicted molar refractivity (Wildman–Crippen MR) is 107 cm³/mol. The molecule has 8 nitrogen and oxygen atoms in total. The predicted octanol–water partition coefficient (Wildman–Crippen LogP) is 2.58. The molecule has 1 fully saturated rings. The summed E-state index contributed by atoms with van der Waals surface area (Å²) in [6.45, 7) is 1.09. The second-order valence-corrected chi connectivity index (χ2v) is 7.03. The van der Waals surface area contributed by atoms with Gasteiger partial charge in [0.1, 0.15) is 12.3 Å². The van der Waals surface area contributed by atoms with E-state index < -0.39 is 17.6 Å². The van der Waals surface area contributed by atoms with Crippen molar-refractivity contribution >= 4 is 17.5 Å². The summed E-state index contributed by atoms with van der Waals surface area (Å²) in [7, 11) is 0. The Bertz CT molecular complexity index is 1110. The minimum atomic E-state index is -4.45. The first-order valence-corrected chi connectivity index (χ1v) is 9.66. The van der Waals surface area contributed by atoms with Crippen LogP contribution in [-0.2, 0) is 22.3 Å². The second-order valence-electron chi connectivity index (χ2n) is 7.03. The summed E-state index contributed by atoms with van der Waals surface area (Å²) >= 11 is 0. The minimum Gasteiger partial charge on any atom is -0.370 e. The fourth-order valence-corrected chi connectivity index (χ4v) is 3.17. The van der Waals surface area contributed by atoms with Crippen LogP contribution in [0.25, 0.3) is 5.69 Å². The van der Waals surface area contributed by atoms with Crippen LogP contribution in [0.1, 0.15) is 21.6 Å². The molecule has 0 radical (unpaired) electrons. The van der Waals surface area contributed by atoms with E-state index in [4.69, 9.17) is 4.74 Å². The Morgan fingerprint density at radius 2 is 1.75 bits per heavy atom. The van der Waals surface area contributed by atoms with Crippen molar-refractivity contribution < 1.29 is 27.5 Å². The average Bonchev–Trinajstić information content (AvgIpc) is 3.26. The van der Waals surface area contributed by atoms with E-state index in [0.29, 0.717) is 24.5 Å². The minimum absolute atomic E-state index is 0.0558. The standard InChI is InChI=1S/C21H18F3N5O3/c22-21(23,24)15-3-1-14(2-4-15)20(31)25-11-16-12-29(27-26-16)18-7-5-17(6-8-18)28-9-10-32-13-19(28)30/h1-8,12H,9-11,13H2,(H,25,31). The maximum Gasteiger partial charge on any atom is 0.416 e. The first-order chi connectivity index (χ1) is 15.3. The van der Waals surface area contributed by atoms with Gasteiger partial charge in [0.05, 0.1) is 30.6 Å². The lowest BCUT2D eigenvalue weighted by Gasteiger charge is -2.26. The molecule has 166 valence electrons. The van der Waals surface area contributed by atoms with Gasteiger partial charge in [0.2, 0.25) is 0 Å². The van der Waals surface area contributed by atoms with Gasteiger partial charge < -0.3 is 15.0 Å². The van der Waals surface area contributed by atoms with Gasteiger partial charge in [0, 0.05) is 17.8 Å². The molecule has 4 rings (SSSR count). The molecule has 1 N–H and O–H groups in total. The number of aromatic nitrogens is 3. The summed E-state index contributed by atoms with van der Waals surface area (Å²) in [5, 5.41) is 10.6.